The lowest BCUT2D eigenvalue weighted by molar-refractivity contribution is -0.383. The van der Waals surface area contributed by atoms with Crippen molar-refractivity contribution in [3.8, 4) is 0 Å². The number of nitrogens with one attached hydrogen (secondary N) is 3. The molecule has 2 aromatic carbocycles. The molecule has 0 unspecified atom stereocenters. The number of aromatic nitrogens is 2. The Morgan fingerprint density at radius 3 is 2.52 bits per heavy atom. The van der Waals surface area contributed by atoms with Crippen LogP contribution < -0.4 is 16.2 Å². The normalized spacial score (nSPS) is 10.3. The Bertz CT molecular complexity index is 1090. The molecule has 1 heterocycles. The minimum absolute atomic E-state index is 0.123. The highest BCUT2D eigenvalue weighted by Gasteiger charge is 2.24. The van der Waals surface area contributed by atoms with Gasteiger partial charge in [0.15, 0.2) is 0 Å². The minimum atomic E-state index is -0.678. The van der Waals surface area contributed by atoms with Crippen molar-refractivity contribution in [3.05, 3.63) is 80.1 Å². The highest BCUT2D eigenvalue weighted by atomic mass is 35.5. The van der Waals surface area contributed by atoms with Crippen LogP contribution in [0.1, 0.15) is 15.9 Å². The quantitative estimate of drug-likeness (QED) is 0.386. The Morgan fingerprint density at radius 2 is 1.79 bits per heavy atom. The molecule has 3 aromatic rings. The van der Waals surface area contributed by atoms with Crippen molar-refractivity contribution < 1.29 is 9.72 Å². The number of anilines is 3. The van der Waals surface area contributed by atoms with E-state index in [0.29, 0.717) is 11.3 Å². The van der Waals surface area contributed by atoms with Gasteiger partial charge in [-0.15, -0.1) is 0 Å². The molecule has 0 spiro atoms. The lowest BCUT2D eigenvalue weighted by atomic mass is 10.1. The largest absolute Gasteiger partial charge is 0.355 e. The molecular weight excluding hydrogens is 419 g/mol. The Balaban J connectivity index is 1.87. The zero-order chi connectivity index (χ0) is 21.0. The molecule has 0 aliphatic carbocycles. The van der Waals surface area contributed by atoms with Crippen molar-refractivity contribution in [2.75, 3.05) is 10.7 Å². The monoisotopic (exact) mass is 432 g/mol. The van der Waals surface area contributed by atoms with E-state index < -0.39 is 16.5 Å². The van der Waals surface area contributed by atoms with Crippen LogP contribution in [0.3, 0.4) is 0 Å². The average Bonchev–Trinajstić information content (AvgIpc) is 2.70. The number of benzene rings is 2. The van der Waals surface area contributed by atoms with Crippen LogP contribution in [-0.2, 0) is 0 Å². The maximum atomic E-state index is 12.3. The first-order chi connectivity index (χ1) is 13.9. The van der Waals surface area contributed by atoms with Gasteiger partial charge in [0.25, 0.3) is 5.91 Å². The first-order valence-corrected chi connectivity index (χ1v) is 8.96. The van der Waals surface area contributed by atoms with E-state index in [0.717, 1.165) is 11.9 Å². The summed E-state index contributed by atoms with van der Waals surface area (Å²) in [6, 6.07) is 11.7. The van der Waals surface area contributed by atoms with Crippen molar-refractivity contribution in [2.24, 2.45) is 0 Å². The molecule has 3 rings (SSSR count). The van der Waals surface area contributed by atoms with Crippen molar-refractivity contribution >= 4 is 52.1 Å². The van der Waals surface area contributed by atoms with E-state index in [-0.39, 0.29) is 21.7 Å². The predicted octanol–water partition coefficient (Wildman–Crippen LogP) is 4.50. The van der Waals surface area contributed by atoms with Crippen LogP contribution >= 0.6 is 23.2 Å². The molecule has 0 saturated heterocycles. The van der Waals surface area contributed by atoms with E-state index in [1.165, 1.54) is 0 Å². The lowest BCUT2D eigenvalue weighted by Gasteiger charge is -2.12. The summed E-state index contributed by atoms with van der Waals surface area (Å²) in [5, 5.41) is 14.9. The van der Waals surface area contributed by atoms with Gasteiger partial charge in [0.1, 0.15) is 6.33 Å². The summed E-state index contributed by atoms with van der Waals surface area (Å²) in [6.07, 6.45) is 1.11. The molecule has 3 N–H and O–H groups in total. The van der Waals surface area contributed by atoms with Gasteiger partial charge in [-0.3, -0.25) is 25.8 Å². The van der Waals surface area contributed by atoms with Gasteiger partial charge in [0.05, 0.1) is 20.7 Å². The zero-order valence-corrected chi connectivity index (χ0v) is 16.5. The fraction of sp³-hybridized carbons (Fsp3) is 0.0556. The van der Waals surface area contributed by atoms with Gasteiger partial charge in [-0.2, -0.15) is 0 Å². The maximum absolute atomic E-state index is 12.3. The van der Waals surface area contributed by atoms with Crippen LogP contribution in [0.2, 0.25) is 10.0 Å². The number of hydrogen-bond acceptors (Lipinski definition) is 7. The van der Waals surface area contributed by atoms with Crippen molar-refractivity contribution in [1.82, 2.24) is 15.4 Å². The number of aryl methyl sites for hydroxylation is 1. The Kier molecular flexibility index (Phi) is 6.10. The molecule has 0 atom stereocenters. The molecular formula is C18H14Cl2N6O3. The molecule has 9 nitrogen and oxygen atoms in total. The number of hydrazine groups is 1. The summed E-state index contributed by atoms with van der Waals surface area (Å²) in [5.74, 6) is -0.794. The molecule has 0 saturated carbocycles. The third-order valence-electron chi connectivity index (χ3n) is 3.89. The van der Waals surface area contributed by atoms with Gasteiger partial charge in [0, 0.05) is 5.56 Å². The van der Waals surface area contributed by atoms with E-state index in [4.69, 9.17) is 23.2 Å². The molecule has 148 valence electrons. The fourth-order valence-electron chi connectivity index (χ4n) is 2.47. The summed E-state index contributed by atoms with van der Waals surface area (Å²) in [7, 11) is 0. The standard InChI is InChI=1S/C18H14Cl2N6O3/c1-10-5-2-3-6-11(10)18(27)25-24-17-15(26(28)29)16(21-9-22-17)23-13-8-4-7-12(19)14(13)20/h2-9H,1H3,(H,25,27)(H2,21,22,23,24). The predicted molar refractivity (Wildman–Crippen MR) is 111 cm³/mol. The third-order valence-corrected chi connectivity index (χ3v) is 4.71. The SMILES string of the molecule is Cc1ccccc1C(=O)NNc1ncnc(Nc2cccc(Cl)c2Cl)c1[N+](=O)[O-]. The van der Waals surface area contributed by atoms with Gasteiger partial charge in [0.2, 0.25) is 11.6 Å². The maximum Gasteiger partial charge on any atom is 0.355 e. The lowest BCUT2D eigenvalue weighted by Crippen LogP contribution is -2.30. The number of nitrogens with zero attached hydrogens (tertiary/aromatic N) is 3. The molecule has 0 fully saturated rings. The Hall–Kier alpha value is -3.43. The Labute approximate surface area is 175 Å². The van der Waals surface area contributed by atoms with Gasteiger partial charge in [-0.1, -0.05) is 47.5 Å². The second kappa shape index (κ2) is 8.72. The highest BCUT2D eigenvalue weighted by molar-refractivity contribution is 6.43. The van der Waals surface area contributed by atoms with Crippen molar-refractivity contribution in [3.63, 3.8) is 0 Å². The van der Waals surface area contributed by atoms with E-state index in [1.807, 2.05) is 0 Å². The van der Waals surface area contributed by atoms with Crippen LogP contribution in [0.25, 0.3) is 0 Å². The van der Waals surface area contributed by atoms with Crippen LogP contribution in [0, 0.1) is 17.0 Å². The molecule has 0 radical (unpaired) electrons. The zero-order valence-electron chi connectivity index (χ0n) is 14.9. The van der Waals surface area contributed by atoms with Crippen molar-refractivity contribution in [2.45, 2.75) is 6.92 Å². The summed E-state index contributed by atoms with van der Waals surface area (Å²) in [4.78, 5) is 31.1. The molecule has 1 aromatic heterocycles. The average molecular weight is 433 g/mol. The van der Waals surface area contributed by atoms with Gasteiger partial charge in [-0.05, 0) is 30.7 Å². The number of nitro groups is 1. The van der Waals surface area contributed by atoms with E-state index >= 15 is 0 Å². The second-order valence-corrected chi connectivity index (χ2v) is 6.58. The van der Waals surface area contributed by atoms with E-state index in [9.17, 15) is 14.9 Å². The highest BCUT2D eigenvalue weighted by Crippen LogP contribution is 2.35. The van der Waals surface area contributed by atoms with Gasteiger partial charge >= 0.3 is 5.69 Å². The summed E-state index contributed by atoms with van der Waals surface area (Å²) in [5.41, 5.74) is 5.91. The second-order valence-electron chi connectivity index (χ2n) is 5.80. The number of rotatable bonds is 6. The van der Waals surface area contributed by atoms with E-state index in [2.05, 4.69) is 26.1 Å². The van der Waals surface area contributed by atoms with Crippen LogP contribution in [0.4, 0.5) is 23.0 Å². The van der Waals surface area contributed by atoms with Gasteiger partial charge < -0.3 is 5.32 Å². The molecule has 29 heavy (non-hydrogen) atoms. The van der Waals surface area contributed by atoms with Crippen LogP contribution in [-0.4, -0.2) is 20.8 Å². The first-order valence-electron chi connectivity index (χ1n) is 8.21. The third kappa shape index (κ3) is 4.53. The summed E-state index contributed by atoms with van der Waals surface area (Å²) >= 11 is 12.1. The summed E-state index contributed by atoms with van der Waals surface area (Å²) < 4.78 is 0. The molecule has 0 aliphatic heterocycles. The number of carbonyl (C=O) groups excluding carboxylic acids is 1. The molecule has 0 bridgehead atoms. The van der Waals surface area contributed by atoms with Crippen LogP contribution in [0.5, 0.6) is 0 Å². The molecule has 0 aliphatic rings. The number of carbonyl (C=O) groups is 1. The van der Waals surface area contributed by atoms with Crippen LogP contribution in [0.15, 0.2) is 48.8 Å². The number of hydrogen-bond donors (Lipinski definition) is 3. The summed E-state index contributed by atoms with van der Waals surface area (Å²) in [6.45, 7) is 1.78. The number of amides is 1. The van der Waals surface area contributed by atoms with E-state index in [1.54, 1.807) is 49.4 Å². The molecule has 11 heteroatoms. The topological polar surface area (TPSA) is 122 Å². The smallest absolute Gasteiger partial charge is 0.333 e. The number of halogens is 2. The van der Waals surface area contributed by atoms with Crippen molar-refractivity contribution in [1.29, 1.82) is 0 Å². The fourth-order valence-corrected chi connectivity index (χ4v) is 2.82. The minimum Gasteiger partial charge on any atom is -0.333 e. The van der Waals surface area contributed by atoms with Gasteiger partial charge in [-0.25, -0.2) is 9.97 Å². The molecule has 1 amide bonds. The Morgan fingerprint density at radius 1 is 1.07 bits per heavy atom. The first kappa shape index (κ1) is 20.3.